The number of hydrogen-bond acceptors (Lipinski definition) is 5. The van der Waals surface area contributed by atoms with E-state index < -0.39 is 4.92 Å². The van der Waals surface area contributed by atoms with Crippen molar-refractivity contribution < 1.29 is 14.5 Å². The summed E-state index contributed by atoms with van der Waals surface area (Å²) >= 11 is 0. The molecule has 0 atom stereocenters. The average molecular weight is 210 g/mol. The standard InChI is InChI=1S/C9H10N2O4/c1-7-3-4-8(15-6-2-5-12)9(10-7)11(13)14/h3-5H,2,6H2,1H3. The largest absolute Gasteiger partial charge is 0.485 e. The van der Waals surface area contributed by atoms with E-state index >= 15 is 0 Å². The Labute approximate surface area is 86.0 Å². The molecule has 0 unspecified atom stereocenters. The predicted molar refractivity (Wildman–Crippen MR) is 51.8 cm³/mol. The van der Waals surface area contributed by atoms with E-state index in [9.17, 15) is 14.9 Å². The number of aromatic nitrogens is 1. The first-order valence-corrected chi connectivity index (χ1v) is 4.33. The number of aldehydes is 1. The van der Waals surface area contributed by atoms with Crippen LogP contribution in [0.25, 0.3) is 0 Å². The van der Waals surface area contributed by atoms with Gasteiger partial charge in [-0.15, -0.1) is 0 Å². The Morgan fingerprint density at radius 2 is 2.33 bits per heavy atom. The molecule has 0 saturated heterocycles. The molecule has 15 heavy (non-hydrogen) atoms. The molecular weight excluding hydrogens is 200 g/mol. The van der Waals surface area contributed by atoms with Crippen LogP contribution in [-0.2, 0) is 4.79 Å². The normalized spacial score (nSPS) is 9.67. The van der Waals surface area contributed by atoms with E-state index in [1.165, 1.54) is 6.07 Å². The molecule has 0 aliphatic carbocycles. The number of carbonyl (C=O) groups excluding carboxylic acids is 1. The highest BCUT2D eigenvalue weighted by atomic mass is 16.6. The van der Waals surface area contributed by atoms with Gasteiger partial charge in [0.1, 0.15) is 12.0 Å². The van der Waals surface area contributed by atoms with E-state index in [1.54, 1.807) is 13.0 Å². The molecule has 0 N–H and O–H groups in total. The van der Waals surface area contributed by atoms with Gasteiger partial charge in [0.25, 0.3) is 0 Å². The van der Waals surface area contributed by atoms with Crippen molar-refractivity contribution in [2.24, 2.45) is 0 Å². The Kier molecular flexibility index (Phi) is 3.73. The fourth-order valence-electron chi connectivity index (χ4n) is 0.991. The van der Waals surface area contributed by atoms with Crippen molar-refractivity contribution in [2.75, 3.05) is 6.61 Å². The van der Waals surface area contributed by atoms with Crippen molar-refractivity contribution in [1.82, 2.24) is 4.98 Å². The van der Waals surface area contributed by atoms with Gasteiger partial charge in [0, 0.05) is 13.3 Å². The third-order valence-corrected chi connectivity index (χ3v) is 1.64. The number of nitrogens with zero attached hydrogens (tertiary/aromatic N) is 2. The molecular formula is C9H10N2O4. The molecule has 0 aliphatic heterocycles. The molecule has 1 aromatic rings. The molecule has 0 amide bonds. The van der Waals surface area contributed by atoms with Crippen LogP contribution in [0.5, 0.6) is 5.75 Å². The predicted octanol–water partition coefficient (Wildman–Crippen LogP) is 1.27. The lowest BCUT2D eigenvalue weighted by molar-refractivity contribution is -0.390. The van der Waals surface area contributed by atoms with Gasteiger partial charge in [0.15, 0.2) is 0 Å². The maximum Gasteiger partial charge on any atom is 0.406 e. The van der Waals surface area contributed by atoms with Gasteiger partial charge in [-0.2, -0.15) is 0 Å². The highest BCUT2D eigenvalue weighted by Crippen LogP contribution is 2.24. The molecule has 0 spiro atoms. The van der Waals surface area contributed by atoms with Gasteiger partial charge in [0.2, 0.25) is 5.75 Å². The summed E-state index contributed by atoms with van der Waals surface area (Å²) in [6, 6.07) is 3.09. The minimum absolute atomic E-state index is 0.0902. The summed E-state index contributed by atoms with van der Waals surface area (Å²) in [5.74, 6) is -0.228. The van der Waals surface area contributed by atoms with Gasteiger partial charge in [0.05, 0.1) is 6.61 Å². The van der Waals surface area contributed by atoms with E-state index in [2.05, 4.69) is 4.98 Å². The van der Waals surface area contributed by atoms with Gasteiger partial charge >= 0.3 is 5.82 Å². The Balaban J connectivity index is 2.85. The number of carbonyl (C=O) groups is 1. The minimum atomic E-state index is -0.608. The van der Waals surface area contributed by atoms with E-state index in [1.807, 2.05) is 0 Å². The van der Waals surface area contributed by atoms with Crippen LogP contribution >= 0.6 is 0 Å². The summed E-state index contributed by atoms with van der Waals surface area (Å²) in [6.45, 7) is 1.78. The maximum atomic E-state index is 10.6. The smallest absolute Gasteiger partial charge is 0.406 e. The Morgan fingerprint density at radius 3 is 2.93 bits per heavy atom. The van der Waals surface area contributed by atoms with E-state index in [0.717, 1.165) is 0 Å². The van der Waals surface area contributed by atoms with Crippen LogP contribution in [0.4, 0.5) is 5.82 Å². The number of aryl methyl sites for hydroxylation is 1. The second kappa shape index (κ2) is 5.04. The minimum Gasteiger partial charge on any atom is -0.485 e. The molecule has 1 aromatic heterocycles. The van der Waals surface area contributed by atoms with Crippen LogP contribution in [0.3, 0.4) is 0 Å². The van der Waals surface area contributed by atoms with E-state index in [4.69, 9.17) is 4.74 Å². The maximum absolute atomic E-state index is 10.6. The van der Waals surface area contributed by atoms with Gasteiger partial charge in [-0.3, -0.25) is 0 Å². The number of rotatable bonds is 5. The summed E-state index contributed by atoms with van der Waals surface area (Å²) in [4.78, 5) is 23.8. The zero-order chi connectivity index (χ0) is 11.3. The van der Waals surface area contributed by atoms with Gasteiger partial charge in [-0.05, 0) is 22.0 Å². The number of pyridine rings is 1. The molecule has 0 radical (unpaired) electrons. The van der Waals surface area contributed by atoms with Crippen molar-refractivity contribution in [1.29, 1.82) is 0 Å². The van der Waals surface area contributed by atoms with Crippen LogP contribution < -0.4 is 4.74 Å². The number of nitro groups is 1. The average Bonchev–Trinajstić information content (AvgIpc) is 2.20. The lowest BCUT2D eigenvalue weighted by Crippen LogP contribution is -2.03. The molecule has 0 aromatic carbocycles. The highest BCUT2D eigenvalue weighted by Gasteiger charge is 2.17. The van der Waals surface area contributed by atoms with Crippen molar-refractivity contribution in [3.05, 3.63) is 27.9 Å². The molecule has 0 bridgehead atoms. The first-order valence-electron chi connectivity index (χ1n) is 4.33. The molecule has 6 heteroatoms. The first kappa shape index (κ1) is 11.1. The highest BCUT2D eigenvalue weighted by molar-refractivity contribution is 5.49. The van der Waals surface area contributed by atoms with Crippen molar-refractivity contribution in [3.8, 4) is 5.75 Å². The lowest BCUT2D eigenvalue weighted by Gasteiger charge is -2.03. The molecule has 0 saturated carbocycles. The quantitative estimate of drug-likeness (QED) is 0.316. The molecule has 0 aliphatic rings. The summed E-state index contributed by atoms with van der Waals surface area (Å²) in [5, 5.41) is 10.6. The van der Waals surface area contributed by atoms with Gasteiger partial charge < -0.3 is 19.6 Å². The molecule has 0 fully saturated rings. The first-order chi connectivity index (χ1) is 7.15. The Hall–Kier alpha value is -1.98. The molecule has 1 rings (SSSR count). The fourth-order valence-corrected chi connectivity index (χ4v) is 0.991. The Morgan fingerprint density at radius 1 is 1.60 bits per heavy atom. The topological polar surface area (TPSA) is 82.3 Å². The van der Waals surface area contributed by atoms with Gasteiger partial charge in [-0.25, -0.2) is 0 Å². The van der Waals surface area contributed by atoms with E-state index in [0.29, 0.717) is 12.0 Å². The van der Waals surface area contributed by atoms with Crippen molar-refractivity contribution in [3.63, 3.8) is 0 Å². The Bertz CT molecular complexity index is 378. The van der Waals surface area contributed by atoms with Gasteiger partial charge in [-0.1, -0.05) is 0 Å². The number of hydrogen-bond donors (Lipinski definition) is 0. The number of ether oxygens (including phenoxy) is 1. The lowest BCUT2D eigenvalue weighted by atomic mass is 10.3. The molecule has 6 nitrogen and oxygen atoms in total. The summed E-state index contributed by atoms with van der Waals surface area (Å²) in [6.07, 6.45) is 0.887. The second-order valence-electron chi connectivity index (χ2n) is 2.84. The van der Waals surface area contributed by atoms with Crippen molar-refractivity contribution in [2.45, 2.75) is 13.3 Å². The summed E-state index contributed by atoms with van der Waals surface area (Å²) in [5.41, 5.74) is 0.546. The zero-order valence-electron chi connectivity index (χ0n) is 8.17. The van der Waals surface area contributed by atoms with Crippen LogP contribution in [0.2, 0.25) is 0 Å². The van der Waals surface area contributed by atoms with E-state index in [-0.39, 0.29) is 24.6 Å². The van der Waals surface area contributed by atoms with Crippen LogP contribution in [-0.4, -0.2) is 22.8 Å². The van der Waals surface area contributed by atoms with Crippen LogP contribution in [0.1, 0.15) is 12.1 Å². The second-order valence-corrected chi connectivity index (χ2v) is 2.84. The third-order valence-electron chi connectivity index (χ3n) is 1.64. The monoisotopic (exact) mass is 210 g/mol. The summed E-state index contributed by atoms with van der Waals surface area (Å²) in [7, 11) is 0. The molecule has 1 heterocycles. The van der Waals surface area contributed by atoms with Crippen LogP contribution in [0.15, 0.2) is 12.1 Å². The molecule has 80 valence electrons. The van der Waals surface area contributed by atoms with Crippen molar-refractivity contribution >= 4 is 12.1 Å². The van der Waals surface area contributed by atoms with Crippen LogP contribution in [0, 0.1) is 17.0 Å². The summed E-state index contributed by atoms with van der Waals surface area (Å²) < 4.78 is 5.06. The zero-order valence-corrected chi connectivity index (χ0v) is 8.17. The SMILES string of the molecule is Cc1ccc(OCCC=O)c([N+](=O)[O-])n1. The fraction of sp³-hybridized carbons (Fsp3) is 0.333. The third kappa shape index (κ3) is 3.01.